The van der Waals surface area contributed by atoms with Crippen LogP contribution in [0.4, 0.5) is 5.82 Å². The van der Waals surface area contributed by atoms with Gasteiger partial charge in [0.25, 0.3) is 5.91 Å². The first-order chi connectivity index (χ1) is 19.4. The van der Waals surface area contributed by atoms with Gasteiger partial charge < -0.3 is 26.0 Å². The zero-order chi connectivity index (χ0) is 28.1. The maximum absolute atomic E-state index is 13.3. The molecule has 4 N–H and O–H groups in total. The topological polar surface area (TPSA) is 95.8 Å². The van der Waals surface area contributed by atoms with Gasteiger partial charge in [0.1, 0.15) is 5.82 Å². The molecule has 0 spiro atoms. The zero-order valence-corrected chi connectivity index (χ0v) is 24.0. The lowest BCUT2D eigenvalue weighted by Crippen LogP contribution is -2.44. The minimum atomic E-state index is -0.232. The van der Waals surface area contributed by atoms with E-state index < -0.39 is 0 Å². The summed E-state index contributed by atoms with van der Waals surface area (Å²) in [6, 6.07) is 16.7. The molecule has 2 fully saturated rings. The molecule has 0 radical (unpaired) electrons. The number of piperazine rings is 1. The van der Waals surface area contributed by atoms with Crippen LogP contribution < -0.4 is 16.4 Å². The molecule has 3 heterocycles. The number of anilines is 1. The van der Waals surface area contributed by atoms with Crippen molar-refractivity contribution in [2.45, 2.75) is 45.6 Å². The Bertz CT molecular complexity index is 1300. The van der Waals surface area contributed by atoms with Gasteiger partial charge in [-0.25, -0.2) is 4.98 Å². The number of aryl methyl sites for hydroxylation is 2. The first-order valence-electron chi connectivity index (χ1n) is 14.4. The zero-order valence-electron chi connectivity index (χ0n) is 24.0. The number of benzene rings is 2. The smallest absolute Gasteiger partial charge is 0.255 e. The van der Waals surface area contributed by atoms with E-state index in [9.17, 15) is 4.79 Å². The Morgan fingerprint density at radius 1 is 1.05 bits per heavy atom. The number of amides is 1. The number of likely N-dealkylation sites (N-methyl/N-ethyl adjacent to an activating group) is 1. The summed E-state index contributed by atoms with van der Waals surface area (Å²) < 4.78 is 6.24. The number of nitrogens with one attached hydrogen (secondary N) is 2. The lowest BCUT2D eigenvalue weighted by atomic mass is 10.0. The van der Waals surface area contributed by atoms with Gasteiger partial charge >= 0.3 is 0 Å². The summed E-state index contributed by atoms with van der Waals surface area (Å²) in [6.45, 7) is 11.5. The Kier molecular flexibility index (Phi) is 9.11. The minimum Gasteiger partial charge on any atom is -0.383 e. The lowest BCUT2D eigenvalue weighted by Gasteiger charge is -2.32. The number of carbonyl (C=O) groups excluding carboxylic acids is 1. The van der Waals surface area contributed by atoms with E-state index in [1.54, 1.807) is 6.20 Å². The average molecular weight is 543 g/mol. The van der Waals surface area contributed by atoms with Crippen molar-refractivity contribution in [3.8, 4) is 11.1 Å². The van der Waals surface area contributed by atoms with E-state index in [2.05, 4.69) is 88.8 Å². The lowest BCUT2D eigenvalue weighted by molar-refractivity contribution is 0.0357. The number of nitrogens with two attached hydrogens (primary N) is 1. The Labute approximate surface area is 237 Å². The van der Waals surface area contributed by atoms with Crippen molar-refractivity contribution in [3.63, 3.8) is 0 Å². The van der Waals surface area contributed by atoms with Gasteiger partial charge in [-0.3, -0.25) is 9.69 Å². The van der Waals surface area contributed by atoms with Crippen molar-refractivity contribution in [2.24, 2.45) is 0 Å². The highest BCUT2D eigenvalue weighted by Crippen LogP contribution is 2.24. The van der Waals surface area contributed by atoms with Crippen LogP contribution in [0.15, 0.2) is 54.7 Å². The number of rotatable bonds is 9. The van der Waals surface area contributed by atoms with Crippen LogP contribution in [0, 0.1) is 6.92 Å². The fourth-order valence-corrected chi connectivity index (χ4v) is 5.50. The van der Waals surface area contributed by atoms with E-state index in [0.29, 0.717) is 25.3 Å². The number of pyridine rings is 1. The summed E-state index contributed by atoms with van der Waals surface area (Å²) in [4.78, 5) is 22.5. The Hall–Kier alpha value is -3.30. The molecule has 5 rings (SSSR count). The van der Waals surface area contributed by atoms with E-state index in [4.69, 9.17) is 10.5 Å². The second-order valence-electron chi connectivity index (χ2n) is 11.1. The van der Waals surface area contributed by atoms with Gasteiger partial charge in [0, 0.05) is 57.6 Å². The first kappa shape index (κ1) is 28.2. The number of aromatic nitrogens is 1. The predicted octanol–water partition coefficient (Wildman–Crippen LogP) is 3.24. The Morgan fingerprint density at radius 2 is 1.80 bits per heavy atom. The molecule has 0 unspecified atom stereocenters. The summed E-state index contributed by atoms with van der Waals surface area (Å²) in [5.74, 6) is -0.00690. The van der Waals surface area contributed by atoms with E-state index in [1.807, 2.05) is 6.07 Å². The highest BCUT2D eigenvalue weighted by Gasteiger charge is 2.30. The molecule has 0 aliphatic carbocycles. The largest absolute Gasteiger partial charge is 0.383 e. The van der Waals surface area contributed by atoms with E-state index >= 15 is 0 Å². The molecular formula is C32H42N6O2. The Balaban J connectivity index is 1.21. The van der Waals surface area contributed by atoms with Crippen LogP contribution in [0.1, 0.15) is 39.5 Å². The van der Waals surface area contributed by atoms with Crippen LogP contribution in [0.2, 0.25) is 0 Å². The molecule has 1 aromatic heterocycles. The summed E-state index contributed by atoms with van der Waals surface area (Å²) in [5, 5.41) is 6.48. The highest BCUT2D eigenvalue weighted by molar-refractivity contribution is 5.99. The monoisotopic (exact) mass is 542 g/mol. The molecule has 2 aromatic carbocycles. The van der Waals surface area contributed by atoms with Gasteiger partial charge in [-0.1, -0.05) is 49.4 Å². The van der Waals surface area contributed by atoms with Crippen LogP contribution in [0.25, 0.3) is 11.1 Å². The summed E-state index contributed by atoms with van der Waals surface area (Å²) >= 11 is 0. The van der Waals surface area contributed by atoms with Crippen LogP contribution in [0.5, 0.6) is 0 Å². The van der Waals surface area contributed by atoms with Crippen LogP contribution in [0.3, 0.4) is 0 Å². The molecule has 212 valence electrons. The van der Waals surface area contributed by atoms with E-state index in [1.165, 1.54) is 16.7 Å². The maximum Gasteiger partial charge on any atom is 0.255 e. The van der Waals surface area contributed by atoms with Crippen molar-refractivity contribution in [1.82, 2.24) is 25.4 Å². The van der Waals surface area contributed by atoms with Gasteiger partial charge in [-0.05, 0) is 54.3 Å². The van der Waals surface area contributed by atoms with Gasteiger partial charge in [0.2, 0.25) is 0 Å². The number of nitrogens with zero attached hydrogens (tertiary/aromatic N) is 3. The summed E-state index contributed by atoms with van der Waals surface area (Å²) in [6.07, 6.45) is 2.61. The van der Waals surface area contributed by atoms with Crippen molar-refractivity contribution in [3.05, 3.63) is 82.5 Å². The normalized spacial score (nSPS) is 20.1. The molecule has 40 heavy (non-hydrogen) atoms. The molecule has 1 amide bonds. The number of hydrogen-bond acceptors (Lipinski definition) is 7. The quantitative estimate of drug-likeness (QED) is 0.382. The van der Waals surface area contributed by atoms with Crippen LogP contribution in [-0.4, -0.2) is 79.2 Å². The van der Waals surface area contributed by atoms with Crippen molar-refractivity contribution in [2.75, 3.05) is 52.0 Å². The summed E-state index contributed by atoms with van der Waals surface area (Å²) in [7, 11) is 2.17. The SMILES string of the molecule is CCc1cc(CO[C@H]2CNC[C@@H]2NC(=O)c2cc(-c3ccc(CN4CCN(C)CC4)cc3)cnc2N)ccc1C. The molecule has 0 bridgehead atoms. The maximum atomic E-state index is 13.3. The minimum absolute atomic E-state index is 0.124. The highest BCUT2D eigenvalue weighted by atomic mass is 16.5. The number of nitrogen functional groups attached to an aromatic ring is 1. The molecule has 0 saturated carbocycles. The second-order valence-corrected chi connectivity index (χ2v) is 11.1. The molecule has 8 nitrogen and oxygen atoms in total. The Morgan fingerprint density at radius 3 is 2.55 bits per heavy atom. The second kappa shape index (κ2) is 12.9. The number of hydrogen-bond donors (Lipinski definition) is 3. The van der Waals surface area contributed by atoms with Gasteiger partial charge in [-0.15, -0.1) is 0 Å². The van der Waals surface area contributed by atoms with Crippen molar-refractivity contribution < 1.29 is 9.53 Å². The molecule has 3 aromatic rings. The third kappa shape index (κ3) is 6.88. The fourth-order valence-electron chi connectivity index (χ4n) is 5.50. The molecule has 8 heteroatoms. The third-order valence-electron chi connectivity index (χ3n) is 8.19. The molecule has 2 atom stereocenters. The fraction of sp³-hybridized carbons (Fsp3) is 0.438. The number of carbonyl (C=O) groups is 1. The van der Waals surface area contributed by atoms with Gasteiger partial charge in [0.15, 0.2) is 0 Å². The van der Waals surface area contributed by atoms with Crippen molar-refractivity contribution in [1.29, 1.82) is 0 Å². The van der Waals surface area contributed by atoms with Crippen LogP contribution >= 0.6 is 0 Å². The molecule has 2 saturated heterocycles. The van der Waals surface area contributed by atoms with E-state index in [-0.39, 0.29) is 23.9 Å². The third-order valence-corrected chi connectivity index (χ3v) is 8.19. The van der Waals surface area contributed by atoms with Crippen molar-refractivity contribution >= 4 is 11.7 Å². The predicted molar refractivity (Wildman–Crippen MR) is 160 cm³/mol. The standard InChI is InChI=1S/C32H42N6O2/c1-4-25-15-24(6-5-22(25)2)21-40-30-19-34-18-29(30)36-32(39)28-16-27(17-35-31(28)33)26-9-7-23(8-10-26)20-38-13-11-37(3)12-14-38/h5-10,15-17,29-30,34H,4,11-14,18-21H2,1-3H3,(H2,33,35)(H,36,39)/t29-,30-/m0/s1. The van der Waals surface area contributed by atoms with E-state index in [0.717, 1.165) is 55.8 Å². The summed E-state index contributed by atoms with van der Waals surface area (Å²) in [5.41, 5.74) is 13.5. The average Bonchev–Trinajstić information content (AvgIpc) is 3.41. The molecular weight excluding hydrogens is 500 g/mol. The van der Waals surface area contributed by atoms with Crippen LogP contribution in [-0.2, 0) is 24.3 Å². The van der Waals surface area contributed by atoms with Gasteiger partial charge in [-0.2, -0.15) is 0 Å². The number of ether oxygens (including phenoxy) is 1. The first-order valence-corrected chi connectivity index (χ1v) is 14.4. The molecule has 2 aliphatic rings. The van der Waals surface area contributed by atoms with Gasteiger partial charge in [0.05, 0.1) is 24.3 Å². The molecule has 2 aliphatic heterocycles.